The van der Waals surface area contributed by atoms with Crippen molar-refractivity contribution in [3.8, 4) is 0 Å². The lowest BCUT2D eigenvalue weighted by Crippen LogP contribution is -2.45. The van der Waals surface area contributed by atoms with Crippen LogP contribution in [0.3, 0.4) is 0 Å². The number of piperidine rings is 1. The van der Waals surface area contributed by atoms with Crippen molar-refractivity contribution in [3.63, 3.8) is 0 Å². The second-order valence-electron chi connectivity index (χ2n) is 7.83. The minimum Gasteiger partial charge on any atom is -0.333 e. The van der Waals surface area contributed by atoms with Crippen LogP contribution in [0, 0.1) is 6.92 Å². The van der Waals surface area contributed by atoms with Crippen molar-refractivity contribution in [1.82, 2.24) is 4.90 Å². The molecule has 1 amide bonds. The minimum absolute atomic E-state index is 0.106. The maximum absolute atomic E-state index is 13.4. The summed E-state index contributed by atoms with van der Waals surface area (Å²) in [7, 11) is 0. The largest absolute Gasteiger partial charge is 0.333 e. The van der Waals surface area contributed by atoms with Crippen LogP contribution in [0.4, 0.5) is 0 Å². The van der Waals surface area contributed by atoms with E-state index in [1.807, 2.05) is 92.0 Å². The van der Waals surface area contributed by atoms with Crippen molar-refractivity contribution < 1.29 is 9.59 Å². The van der Waals surface area contributed by atoms with E-state index in [0.29, 0.717) is 13.1 Å². The number of thioether (sulfide) groups is 1. The van der Waals surface area contributed by atoms with Crippen molar-refractivity contribution in [1.29, 1.82) is 0 Å². The topological polar surface area (TPSA) is 37.4 Å². The summed E-state index contributed by atoms with van der Waals surface area (Å²) in [5.41, 5.74) is 4.30. The minimum atomic E-state index is -0.360. The number of hydrogen-bond acceptors (Lipinski definition) is 3. The maximum atomic E-state index is 13.4. The van der Waals surface area contributed by atoms with E-state index >= 15 is 0 Å². The number of carbonyl (C=O) groups is 2. The van der Waals surface area contributed by atoms with Gasteiger partial charge in [-0.15, -0.1) is 11.8 Å². The summed E-state index contributed by atoms with van der Waals surface area (Å²) in [5.74, 6) is -0.668. The molecule has 31 heavy (non-hydrogen) atoms. The molecule has 0 N–H and O–H groups in total. The number of hydrogen-bond donors (Lipinski definition) is 0. The Labute approximate surface area is 187 Å². The molecular weight excluding hydrogens is 402 g/mol. The fourth-order valence-electron chi connectivity index (χ4n) is 3.84. The lowest BCUT2D eigenvalue weighted by Gasteiger charge is -2.33. The lowest BCUT2D eigenvalue weighted by molar-refractivity contribution is -0.134. The van der Waals surface area contributed by atoms with Crippen LogP contribution in [0.5, 0.6) is 0 Å². The SMILES string of the molecule is CSc1ccc(/C=C2/C(=O)C(c3ccccc3)CN(Cc3ccc(C)cc3)C2=O)cc1. The van der Waals surface area contributed by atoms with Crippen molar-refractivity contribution >= 4 is 29.5 Å². The number of amides is 1. The summed E-state index contributed by atoms with van der Waals surface area (Å²) in [4.78, 5) is 29.7. The Hall–Kier alpha value is -3.11. The Bertz CT molecular complexity index is 1100. The Morgan fingerprint density at radius 1 is 0.935 bits per heavy atom. The molecule has 1 unspecified atom stereocenters. The molecule has 1 atom stereocenters. The molecular formula is C27H25NO2S. The van der Waals surface area contributed by atoms with E-state index in [2.05, 4.69) is 0 Å². The Kier molecular flexibility index (Phi) is 6.38. The molecule has 0 radical (unpaired) electrons. The average molecular weight is 428 g/mol. The highest BCUT2D eigenvalue weighted by Crippen LogP contribution is 2.30. The van der Waals surface area contributed by atoms with E-state index in [1.165, 1.54) is 5.56 Å². The maximum Gasteiger partial charge on any atom is 0.257 e. The number of Topliss-reactive ketones (excluding diaryl/α,β-unsaturated/α-hetero) is 1. The standard InChI is InChI=1S/C27H25NO2S/c1-19-8-10-21(11-9-19)17-28-18-25(22-6-4-3-5-7-22)26(29)24(27(28)30)16-20-12-14-23(31-2)15-13-20/h3-16,25H,17-18H2,1-2H3/b24-16-. The number of ketones is 1. The smallest absolute Gasteiger partial charge is 0.257 e. The summed E-state index contributed by atoms with van der Waals surface area (Å²) in [6, 6.07) is 25.9. The molecule has 1 heterocycles. The van der Waals surface area contributed by atoms with E-state index in [1.54, 1.807) is 22.7 Å². The molecule has 1 aliphatic rings. The molecule has 3 aromatic rings. The number of nitrogens with zero attached hydrogens (tertiary/aromatic N) is 1. The van der Waals surface area contributed by atoms with Crippen LogP contribution in [0.25, 0.3) is 6.08 Å². The molecule has 4 heteroatoms. The highest BCUT2D eigenvalue weighted by Gasteiger charge is 2.37. The zero-order valence-corrected chi connectivity index (χ0v) is 18.6. The molecule has 1 aliphatic heterocycles. The van der Waals surface area contributed by atoms with Crippen molar-refractivity contribution in [3.05, 3.63) is 107 Å². The predicted molar refractivity (Wildman–Crippen MR) is 127 cm³/mol. The monoisotopic (exact) mass is 427 g/mol. The molecule has 0 saturated carbocycles. The van der Waals surface area contributed by atoms with Gasteiger partial charge in [0, 0.05) is 18.0 Å². The molecule has 0 aliphatic carbocycles. The van der Waals surface area contributed by atoms with Gasteiger partial charge in [-0.2, -0.15) is 0 Å². The first kappa shape index (κ1) is 21.1. The van der Waals surface area contributed by atoms with Crippen molar-refractivity contribution in [2.75, 3.05) is 12.8 Å². The molecule has 0 spiro atoms. The second kappa shape index (κ2) is 9.36. The lowest BCUT2D eigenvalue weighted by atomic mass is 9.85. The van der Waals surface area contributed by atoms with Gasteiger partial charge in [0.1, 0.15) is 0 Å². The molecule has 1 saturated heterocycles. The second-order valence-corrected chi connectivity index (χ2v) is 8.71. The first-order valence-electron chi connectivity index (χ1n) is 10.3. The van der Waals surface area contributed by atoms with Crippen LogP contribution in [0.15, 0.2) is 89.3 Å². The van der Waals surface area contributed by atoms with Gasteiger partial charge < -0.3 is 4.90 Å². The summed E-state index contributed by atoms with van der Waals surface area (Å²) in [5, 5.41) is 0. The van der Waals surface area contributed by atoms with Gasteiger partial charge >= 0.3 is 0 Å². The number of carbonyl (C=O) groups excluding carboxylic acids is 2. The molecule has 156 valence electrons. The van der Waals surface area contributed by atoms with E-state index in [9.17, 15) is 9.59 Å². The first-order chi connectivity index (χ1) is 15.0. The normalized spacial score (nSPS) is 17.9. The van der Waals surface area contributed by atoms with E-state index in [-0.39, 0.29) is 23.2 Å². The average Bonchev–Trinajstić information content (AvgIpc) is 2.81. The zero-order valence-electron chi connectivity index (χ0n) is 17.7. The molecule has 0 bridgehead atoms. The Balaban J connectivity index is 1.70. The Morgan fingerprint density at radius 3 is 2.26 bits per heavy atom. The number of benzene rings is 3. The van der Waals surface area contributed by atoms with Crippen LogP contribution < -0.4 is 0 Å². The van der Waals surface area contributed by atoms with Crippen LogP contribution >= 0.6 is 11.8 Å². The van der Waals surface area contributed by atoms with Crippen LogP contribution in [0.2, 0.25) is 0 Å². The first-order valence-corrected chi connectivity index (χ1v) is 11.6. The molecule has 0 aromatic heterocycles. The van der Waals surface area contributed by atoms with Crippen LogP contribution in [-0.4, -0.2) is 29.4 Å². The zero-order chi connectivity index (χ0) is 21.8. The fourth-order valence-corrected chi connectivity index (χ4v) is 4.25. The molecule has 3 nitrogen and oxygen atoms in total. The molecule has 3 aromatic carbocycles. The number of rotatable bonds is 5. The van der Waals surface area contributed by atoms with Crippen LogP contribution in [0.1, 0.15) is 28.2 Å². The van der Waals surface area contributed by atoms with Crippen LogP contribution in [-0.2, 0) is 16.1 Å². The van der Waals surface area contributed by atoms with Gasteiger partial charge in [0.05, 0.1) is 11.5 Å². The quantitative estimate of drug-likeness (QED) is 0.307. The van der Waals surface area contributed by atoms with Gasteiger partial charge in [-0.3, -0.25) is 9.59 Å². The van der Waals surface area contributed by atoms with Crippen molar-refractivity contribution in [2.24, 2.45) is 0 Å². The van der Waals surface area contributed by atoms with Crippen molar-refractivity contribution in [2.45, 2.75) is 24.3 Å². The van der Waals surface area contributed by atoms with Gasteiger partial charge in [-0.05, 0) is 48.1 Å². The molecule has 4 rings (SSSR count). The summed E-state index contributed by atoms with van der Waals surface area (Å²) in [6.07, 6.45) is 3.76. The number of likely N-dealkylation sites (tertiary alicyclic amines) is 1. The third-order valence-corrected chi connectivity index (χ3v) is 6.37. The third-order valence-electron chi connectivity index (χ3n) is 5.63. The number of aryl methyl sites for hydroxylation is 1. The summed E-state index contributed by atoms with van der Waals surface area (Å²) < 4.78 is 0. The summed E-state index contributed by atoms with van der Waals surface area (Å²) >= 11 is 1.66. The fraction of sp³-hybridized carbons (Fsp3) is 0.185. The Morgan fingerprint density at radius 2 is 1.61 bits per heavy atom. The van der Waals surface area contributed by atoms with Gasteiger partial charge in [0.2, 0.25) is 0 Å². The van der Waals surface area contributed by atoms with Gasteiger partial charge in [0.25, 0.3) is 5.91 Å². The van der Waals surface area contributed by atoms with E-state index < -0.39 is 0 Å². The van der Waals surface area contributed by atoms with E-state index in [0.717, 1.165) is 21.6 Å². The summed E-state index contributed by atoms with van der Waals surface area (Å²) in [6.45, 7) is 2.92. The highest BCUT2D eigenvalue weighted by atomic mass is 32.2. The highest BCUT2D eigenvalue weighted by molar-refractivity contribution is 7.98. The van der Waals surface area contributed by atoms with Gasteiger partial charge in [0.15, 0.2) is 5.78 Å². The predicted octanol–water partition coefficient (Wildman–Crippen LogP) is 5.50. The van der Waals surface area contributed by atoms with E-state index in [4.69, 9.17) is 0 Å². The third kappa shape index (κ3) is 4.80. The van der Waals surface area contributed by atoms with Gasteiger partial charge in [-0.1, -0.05) is 72.3 Å². The molecule has 1 fully saturated rings. The van der Waals surface area contributed by atoms with Gasteiger partial charge in [-0.25, -0.2) is 0 Å².